The zero-order valence-corrected chi connectivity index (χ0v) is 14.6. The van der Waals surface area contributed by atoms with Crippen LogP contribution < -0.4 is 5.32 Å². The highest BCUT2D eigenvalue weighted by molar-refractivity contribution is 7.13. The van der Waals surface area contributed by atoms with Crippen molar-refractivity contribution in [2.45, 2.75) is 50.2 Å². The first-order chi connectivity index (χ1) is 11.7. The normalized spacial score (nSPS) is 26.5. The van der Waals surface area contributed by atoms with E-state index in [0.29, 0.717) is 24.5 Å². The largest absolute Gasteiger partial charge is 0.353 e. The summed E-state index contributed by atoms with van der Waals surface area (Å²) in [4.78, 5) is 23.7. The number of nitrogens with zero attached hydrogens (tertiary/aromatic N) is 3. The molecule has 2 aromatic heterocycles. The Morgan fingerprint density at radius 3 is 2.83 bits per heavy atom. The molecule has 24 heavy (non-hydrogen) atoms. The molecule has 1 N–H and O–H groups in total. The highest BCUT2D eigenvalue weighted by Gasteiger charge is 2.38. The van der Waals surface area contributed by atoms with Crippen LogP contribution in [-0.4, -0.2) is 45.9 Å². The molecule has 0 saturated carbocycles. The van der Waals surface area contributed by atoms with Crippen LogP contribution in [0.25, 0.3) is 10.7 Å². The number of thiazole rings is 1. The first-order valence-electron chi connectivity index (χ1n) is 8.56. The Balaban J connectivity index is 1.35. The Morgan fingerprint density at radius 2 is 2.12 bits per heavy atom. The number of nitrogens with one attached hydrogen (secondary N) is 1. The van der Waals surface area contributed by atoms with Crippen molar-refractivity contribution in [1.29, 1.82) is 0 Å². The fraction of sp³-hybridized carbons (Fsp3) is 0.500. The molecule has 4 rings (SSSR count). The van der Waals surface area contributed by atoms with Gasteiger partial charge in [0.15, 0.2) is 0 Å². The van der Waals surface area contributed by atoms with E-state index in [1.807, 2.05) is 23.6 Å². The summed E-state index contributed by atoms with van der Waals surface area (Å²) in [5.74, 6) is 0.0850. The maximum atomic E-state index is 12.4. The van der Waals surface area contributed by atoms with Gasteiger partial charge in [-0.1, -0.05) is 6.07 Å². The lowest BCUT2D eigenvalue weighted by Gasteiger charge is -2.36. The third-order valence-electron chi connectivity index (χ3n) is 5.24. The fourth-order valence-corrected chi connectivity index (χ4v) is 4.76. The van der Waals surface area contributed by atoms with Gasteiger partial charge in [0.05, 0.1) is 17.8 Å². The van der Waals surface area contributed by atoms with Gasteiger partial charge in [0.1, 0.15) is 5.01 Å². The summed E-state index contributed by atoms with van der Waals surface area (Å²) in [5, 5.41) is 6.05. The minimum atomic E-state index is 0.0850. The lowest BCUT2D eigenvalue weighted by molar-refractivity contribution is -0.121. The summed E-state index contributed by atoms with van der Waals surface area (Å²) in [7, 11) is 2.22. The van der Waals surface area contributed by atoms with Crippen molar-refractivity contribution >= 4 is 17.2 Å². The van der Waals surface area contributed by atoms with Gasteiger partial charge in [-0.25, -0.2) is 4.98 Å². The first kappa shape index (κ1) is 15.7. The minimum Gasteiger partial charge on any atom is -0.353 e. The first-order valence-corrected chi connectivity index (χ1v) is 9.44. The summed E-state index contributed by atoms with van der Waals surface area (Å²) < 4.78 is 0. The quantitative estimate of drug-likeness (QED) is 0.927. The molecule has 0 aliphatic carbocycles. The van der Waals surface area contributed by atoms with Crippen LogP contribution in [0.2, 0.25) is 0 Å². The molecule has 2 aliphatic rings. The van der Waals surface area contributed by atoms with Crippen molar-refractivity contribution in [3.05, 3.63) is 35.5 Å². The molecule has 2 atom stereocenters. The standard InChI is InChI=1S/C18H22N4OS/c1-22-14-5-6-15(22)9-12(8-14)20-17(23)10-13-11-24-18(21-13)16-4-2-3-7-19-16/h2-4,7,11-12,14-15H,5-6,8-10H2,1H3,(H,20,23). The third kappa shape index (κ3) is 3.21. The minimum absolute atomic E-state index is 0.0850. The molecule has 2 saturated heterocycles. The number of aromatic nitrogens is 2. The van der Waals surface area contributed by atoms with Crippen LogP contribution in [0, 0.1) is 0 Å². The van der Waals surface area contributed by atoms with Gasteiger partial charge in [-0.15, -0.1) is 11.3 Å². The third-order valence-corrected chi connectivity index (χ3v) is 6.15. The summed E-state index contributed by atoms with van der Waals surface area (Å²) in [6.45, 7) is 0. The maximum Gasteiger partial charge on any atom is 0.226 e. The zero-order valence-electron chi connectivity index (χ0n) is 13.8. The molecule has 6 heteroatoms. The van der Waals surface area contributed by atoms with Crippen LogP contribution >= 0.6 is 11.3 Å². The number of fused-ring (bicyclic) bond motifs is 2. The second-order valence-electron chi connectivity index (χ2n) is 6.82. The van der Waals surface area contributed by atoms with E-state index in [1.54, 1.807) is 17.5 Å². The lowest BCUT2D eigenvalue weighted by atomic mass is 9.98. The lowest BCUT2D eigenvalue weighted by Crippen LogP contribution is -2.49. The Labute approximate surface area is 146 Å². The van der Waals surface area contributed by atoms with Gasteiger partial charge >= 0.3 is 0 Å². The topological polar surface area (TPSA) is 58.1 Å². The van der Waals surface area contributed by atoms with Crippen molar-refractivity contribution in [3.8, 4) is 10.7 Å². The Hall–Kier alpha value is -1.79. The van der Waals surface area contributed by atoms with Crippen LogP contribution in [0.3, 0.4) is 0 Å². The molecular formula is C18H22N4OS. The molecule has 2 fully saturated rings. The molecule has 0 aromatic carbocycles. The number of hydrogen-bond acceptors (Lipinski definition) is 5. The number of hydrogen-bond donors (Lipinski definition) is 1. The molecule has 126 valence electrons. The summed E-state index contributed by atoms with van der Waals surface area (Å²) in [6.07, 6.45) is 6.81. The number of carbonyl (C=O) groups is 1. The van der Waals surface area contributed by atoms with E-state index in [-0.39, 0.29) is 5.91 Å². The van der Waals surface area contributed by atoms with Crippen molar-refractivity contribution in [3.63, 3.8) is 0 Å². The average molecular weight is 342 g/mol. The number of piperidine rings is 1. The van der Waals surface area contributed by atoms with Gasteiger partial charge in [0.2, 0.25) is 5.91 Å². The number of rotatable bonds is 4. The molecule has 1 amide bonds. The van der Waals surface area contributed by atoms with Crippen LogP contribution in [0.5, 0.6) is 0 Å². The molecule has 0 spiro atoms. The van der Waals surface area contributed by atoms with E-state index in [9.17, 15) is 4.79 Å². The van der Waals surface area contributed by atoms with E-state index in [0.717, 1.165) is 29.2 Å². The van der Waals surface area contributed by atoms with Crippen LogP contribution in [0.15, 0.2) is 29.8 Å². The van der Waals surface area contributed by atoms with E-state index < -0.39 is 0 Å². The van der Waals surface area contributed by atoms with Gasteiger partial charge < -0.3 is 10.2 Å². The molecule has 5 nitrogen and oxygen atoms in total. The Bertz CT molecular complexity index is 703. The van der Waals surface area contributed by atoms with E-state index in [1.165, 1.54) is 12.8 Å². The predicted octanol–water partition coefficient (Wildman–Crippen LogP) is 2.49. The van der Waals surface area contributed by atoms with Crippen LogP contribution in [0.1, 0.15) is 31.4 Å². The number of amides is 1. The van der Waals surface area contributed by atoms with Gasteiger partial charge in [0.25, 0.3) is 0 Å². The molecule has 2 aromatic rings. The van der Waals surface area contributed by atoms with Crippen molar-refractivity contribution in [2.24, 2.45) is 0 Å². The van der Waals surface area contributed by atoms with Crippen LogP contribution in [-0.2, 0) is 11.2 Å². The summed E-state index contributed by atoms with van der Waals surface area (Å²) in [6, 6.07) is 7.38. The predicted molar refractivity (Wildman–Crippen MR) is 94.8 cm³/mol. The smallest absolute Gasteiger partial charge is 0.226 e. The highest BCUT2D eigenvalue weighted by Crippen LogP contribution is 2.34. The van der Waals surface area contributed by atoms with Crippen molar-refractivity contribution in [1.82, 2.24) is 20.2 Å². The summed E-state index contributed by atoms with van der Waals surface area (Å²) >= 11 is 1.54. The van der Waals surface area contributed by atoms with E-state index in [4.69, 9.17) is 0 Å². The molecule has 2 unspecified atom stereocenters. The maximum absolute atomic E-state index is 12.4. The monoisotopic (exact) mass is 342 g/mol. The van der Waals surface area contributed by atoms with Crippen LogP contribution in [0.4, 0.5) is 0 Å². The molecule has 2 bridgehead atoms. The Morgan fingerprint density at radius 1 is 1.33 bits per heavy atom. The van der Waals surface area contributed by atoms with Crippen molar-refractivity contribution < 1.29 is 4.79 Å². The second kappa shape index (κ2) is 6.61. The number of carbonyl (C=O) groups excluding carboxylic acids is 1. The highest BCUT2D eigenvalue weighted by atomic mass is 32.1. The molecule has 4 heterocycles. The summed E-state index contributed by atoms with van der Waals surface area (Å²) in [5.41, 5.74) is 1.69. The SMILES string of the molecule is CN1C2CCC1CC(NC(=O)Cc1csc(-c3ccccn3)n1)C2. The van der Waals surface area contributed by atoms with Gasteiger partial charge in [0, 0.05) is 29.7 Å². The molecule has 0 radical (unpaired) electrons. The second-order valence-corrected chi connectivity index (χ2v) is 7.68. The van der Waals surface area contributed by atoms with Gasteiger partial charge in [-0.2, -0.15) is 0 Å². The average Bonchev–Trinajstić information content (AvgIpc) is 3.10. The molecular weight excluding hydrogens is 320 g/mol. The van der Waals surface area contributed by atoms with Crippen molar-refractivity contribution in [2.75, 3.05) is 7.05 Å². The zero-order chi connectivity index (χ0) is 16.5. The van der Waals surface area contributed by atoms with Gasteiger partial charge in [-0.05, 0) is 44.9 Å². The number of pyridine rings is 1. The molecule has 2 aliphatic heterocycles. The van der Waals surface area contributed by atoms with E-state index >= 15 is 0 Å². The van der Waals surface area contributed by atoms with E-state index in [2.05, 4.69) is 27.2 Å². The van der Waals surface area contributed by atoms with Gasteiger partial charge in [-0.3, -0.25) is 9.78 Å². The Kier molecular flexibility index (Phi) is 4.33. The fourth-order valence-electron chi connectivity index (χ4n) is 3.97.